The third kappa shape index (κ3) is 8.59. The Morgan fingerprint density at radius 3 is 2.67 bits per heavy atom. The molecule has 1 saturated heterocycles. The number of pyridine rings is 1. The van der Waals surface area contributed by atoms with Crippen LogP contribution >= 0.6 is 0 Å². The lowest BCUT2D eigenvalue weighted by Crippen LogP contribution is -2.61. The number of aliphatic hydroxyl groups is 1. The van der Waals surface area contributed by atoms with Crippen LogP contribution in [0.25, 0.3) is 16.8 Å². The predicted molar refractivity (Wildman–Crippen MR) is 171 cm³/mol. The highest BCUT2D eigenvalue weighted by Gasteiger charge is 2.34. The first-order valence-electron chi connectivity index (χ1n) is 15.3. The van der Waals surface area contributed by atoms with Crippen LogP contribution in [0.15, 0.2) is 48.4 Å². The maximum atomic E-state index is 13.5. The van der Waals surface area contributed by atoms with E-state index in [1.807, 2.05) is 24.3 Å². The van der Waals surface area contributed by atoms with E-state index < -0.39 is 59.9 Å². The molecule has 8 N–H and O–H groups in total. The van der Waals surface area contributed by atoms with Crippen LogP contribution in [0.3, 0.4) is 0 Å². The van der Waals surface area contributed by atoms with Crippen LogP contribution in [-0.4, -0.2) is 81.6 Å². The lowest BCUT2D eigenvalue weighted by Gasteiger charge is -2.35. The fraction of sp³-hybridized carbons (Fsp3) is 0.469. The van der Waals surface area contributed by atoms with Crippen LogP contribution < -0.4 is 27.6 Å². The van der Waals surface area contributed by atoms with Gasteiger partial charge in [0.15, 0.2) is 0 Å². The van der Waals surface area contributed by atoms with Gasteiger partial charge in [-0.05, 0) is 76.1 Å². The second kappa shape index (κ2) is 14.7. The van der Waals surface area contributed by atoms with Crippen LogP contribution in [0.5, 0.6) is 0 Å². The molecule has 2 aromatic rings. The third-order valence-electron chi connectivity index (χ3n) is 8.06. The molecular formula is C32H44N8O6. The standard InChI is InChI=1S/C32H44N8O6/c1-19-29(43)40-12-5-6-27(38-40)30(44)46-20(2)21-7-8-22-16-35-25(15-23(22)14-21)9-11-32(3,4)31(45)37-26(28(42)36-19)10-13-39(34)17-24(33)18-41/h7-9,11,14-17,19-20,26-27,38,41H,5-6,10,12-13,18,33-34H2,1-4H3,(H,36,42)(H,37,45)/b11-9+,24-17-/t19?,20-,26?,27?/m1/s1. The zero-order chi connectivity index (χ0) is 33.6. The predicted octanol–water partition coefficient (Wildman–Crippen LogP) is 0.735. The molecule has 14 heteroatoms. The summed E-state index contributed by atoms with van der Waals surface area (Å²) in [6.07, 6.45) is 7.03. The average molecular weight is 637 g/mol. The number of carbonyl (C=O) groups is 4. The molecule has 3 amide bonds. The van der Waals surface area contributed by atoms with E-state index in [1.54, 1.807) is 39.1 Å². The Kier molecular flexibility index (Phi) is 11.0. The van der Waals surface area contributed by atoms with Gasteiger partial charge in [-0.3, -0.25) is 29.2 Å². The first-order chi connectivity index (χ1) is 21.8. The Bertz CT molecular complexity index is 1530. The molecule has 4 atom stereocenters. The summed E-state index contributed by atoms with van der Waals surface area (Å²) in [4.78, 5) is 58.1. The van der Waals surface area contributed by atoms with Gasteiger partial charge in [-0.25, -0.2) is 11.3 Å². The number of esters is 1. The number of fused-ring (bicyclic) bond motifs is 4. The number of rotatable bonds is 5. The van der Waals surface area contributed by atoms with E-state index in [0.29, 0.717) is 25.1 Å². The van der Waals surface area contributed by atoms with Gasteiger partial charge >= 0.3 is 5.97 Å². The molecule has 3 heterocycles. The fourth-order valence-corrected chi connectivity index (χ4v) is 5.15. The number of aliphatic hydroxyl groups excluding tert-OH is 1. The highest BCUT2D eigenvalue weighted by Crippen LogP contribution is 2.26. The van der Waals surface area contributed by atoms with Crippen LogP contribution in [0.2, 0.25) is 0 Å². The van der Waals surface area contributed by atoms with Crippen molar-refractivity contribution in [3.05, 3.63) is 59.7 Å². The van der Waals surface area contributed by atoms with Crippen molar-refractivity contribution in [2.75, 3.05) is 19.7 Å². The minimum absolute atomic E-state index is 0.0621. The molecule has 2 aliphatic heterocycles. The Labute approximate surface area is 268 Å². The molecule has 248 valence electrons. The maximum absolute atomic E-state index is 13.5. The molecule has 46 heavy (non-hydrogen) atoms. The Balaban J connectivity index is 1.67. The van der Waals surface area contributed by atoms with E-state index in [2.05, 4.69) is 21.0 Å². The van der Waals surface area contributed by atoms with Crippen molar-refractivity contribution in [3.8, 4) is 0 Å². The Morgan fingerprint density at radius 1 is 1.17 bits per heavy atom. The van der Waals surface area contributed by atoms with Crippen LogP contribution in [0.4, 0.5) is 0 Å². The third-order valence-corrected chi connectivity index (χ3v) is 8.06. The monoisotopic (exact) mass is 636 g/mol. The number of carbonyl (C=O) groups excluding carboxylic acids is 4. The number of amides is 3. The van der Waals surface area contributed by atoms with Crippen LogP contribution in [0, 0.1) is 5.41 Å². The van der Waals surface area contributed by atoms with Gasteiger partial charge in [0.25, 0.3) is 5.91 Å². The number of nitrogens with two attached hydrogens (primary N) is 2. The van der Waals surface area contributed by atoms with Crippen molar-refractivity contribution < 1.29 is 29.0 Å². The minimum Gasteiger partial charge on any atom is -0.457 e. The number of ether oxygens (including phenoxy) is 1. The first-order valence-corrected chi connectivity index (χ1v) is 15.3. The van der Waals surface area contributed by atoms with Crippen LogP contribution in [-0.2, 0) is 23.9 Å². The smallest absolute Gasteiger partial charge is 0.325 e. The van der Waals surface area contributed by atoms with E-state index in [1.165, 1.54) is 23.1 Å². The van der Waals surface area contributed by atoms with Crippen molar-refractivity contribution in [1.29, 1.82) is 0 Å². The molecule has 4 rings (SSSR count). The van der Waals surface area contributed by atoms with Gasteiger partial charge in [-0.1, -0.05) is 18.2 Å². The molecule has 1 fully saturated rings. The number of benzene rings is 1. The highest BCUT2D eigenvalue weighted by molar-refractivity contribution is 5.94. The quantitative estimate of drug-likeness (QED) is 0.153. The molecule has 0 aliphatic carbocycles. The SMILES string of the molecule is CC1NC(=O)C(CCN(N)/C=C(\N)CO)NC(=O)C(C)(C)/C=C/c2cc3cc(ccc3cn2)[C@@H](C)OC(=O)C2CCCN(N2)C1=O. The van der Waals surface area contributed by atoms with Gasteiger partial charge in [-0.15, -0.1) is 0 Å². The summed E-state index contributed by atoms with van der Waals surface area (Å²) in [5, 5.41) is 19.0. The minimum atomic E-state index is -1.07. The topological polar surface area (TPSA) is 205 Å². The molecule has 2 aliphatic rings. The van der Waals surface area contributed by atoms with Gasteiger partial charge < -0.3 is 31.2 Å². The summed E-state index contributed by atoms with van der Waals surface area (Å²) in [5.74, 6) is 4.00. The summed E-state index contributed by atoms with van der Waals surface area (Å²) < 4.78 is 5.80. The van der Waals surface area contributed by atoms with Gasteiger partial charge in [0.05, 0.1) is 23.4 Å². The Morgan fingerprint density at radius 2 is 1.93 bits per heavy atom. The molecule has 3 unspecified atom stereocenters. The molecular weight excluding hydrogens is 592 g/mol. The zero-order valence-corrected chi connectivity index (χ0v) is 26.7. The van der Waals surface area contributed by atoms with Crippen molar-refractivity contribution in [2.24, 2.45) is 17.0 Å². The van der Waals surface area contributed by atoms with Gasteiger partial charge in [0.2, 0.25) is 11.8 Å². The van der Waals surface area contributed by atoms with Crippen molar-refractivity contribution in [3.63, 3.8) is 0 Å². The second-order valence-electron chi connectivity index (χ2n) is 12.3. The molecule has 14 nitrogen and oxygen atoms in total. The number of cyclic esters (lactones) is 1. The van der Waals surface area contributed by atoms with E-state index in [0.717, 1.165) is 16.3 Å². The highest BCUT2D eigenvalue weighted by atomic mass is 16.5. The van der Waals surface area contributed by atoms with E-state index in [9.17, 15) is 24.3 Å². The summed E-state index contributed by atoms with van der Waals surface area (Å²) >= 11 is 0. The number of hydrazine groups is 2. The lowest BCUT2D eigenvalue weighted by molar-refractivity contribution is -0.157. The molecule has 0 spiro atoms. The number of nitrogens with zero attached hydrogens (tertiary/aromatic N) is 3. The van der Waals surface area contributed by atoms with E-state index in [-0.39, 0.29) is 18.7 Å². The first kappa shape index (κ1) is 34.3. The fourth-order valence-electron chi connectivity index (χ4n) is 5.15. The van der Waals surface area contributed by atoms with Crippen LogP contribution in [0.1, 0.15) is 64.3 Å². The molecule has 5 bridgehead atoms. The normalized spacial score (nSPS) is 25.4. The van der Waals surface area contributed by atoms with Gasteiger partial charge in [0, 0.05) is 30.9 Å². The summed E-state index contributed by atoms with van der Waals surface area (Å²) in [6.45, 7) is 6.77. The molecule has 1 aromatic heterocycles. The van der Waals surface area contributed by atoms with Crippen molar-refractivity contribution in [2.45, 2.75) is 71.2 Å². The van der Waals surface area contributed by atoms with E-state index in [4.69, 9.17) is 16.3 Å². The second-order valence-corrected chi connectivity index (χ2v) is 12.3. The molecule has 0 saturated carbocycles. The van der Waals surface area contributed by atoms with Crippen molar-refractivity contribution in [1.82, 2.24) is 31.1 Å². The summed E-state index contributed by atoms with van der Waals surface area (Å²) in [5.41, 5.74) is 9.09. The maximum Gasteiger partial charge on any atom is 0.325 e. The average Bonchev–Trinajstić information content (AvgIpc) is 3.04. The lowest BCUT2D eigenvalue weighted by atomic mass is 9.90. The summed E-state index contributed by atoms with van der Waals surface area (Å²) in [7, 11) is 0. The number of hydrogen-bond acceptors (Lipinski definition) is 11. The number of aromatic nitrogens is 1. The molecule has 0 radical (unpaired) electrons. The largest absolute Gasteiger partial charge is 0.457 e. The number of hydrogen-bond donors (Lipinski definition) is 6. The van der Waals surface area contributed by atoms with E-state index >= 15 is 0 Å². The number of nitrogens with one attached hydrogen (secondary N) is 3. The van der Waals surface area contributed by atoms with Gasteiger partial charge in [-0.2, -0.15) is 0 Å². The Hall–Kier alpha value is -4.53. The van der Waals surface area contributed by atoms with Crippen molar-refractivity contribution >= 4 is 40.5 Å². The molecule has 1 aromatic carbocycles. The summed E-state index contributed by atoms with van der Waals surface area (Å²) in [6, 6.07) is 4.79. The van der Waals surface area contributed by atoms with Gasteiger partial charge in [0.1, 0.15) is 24.2 Å². The zero-order valence-electron chi connectivity index (χ0n) is 26.7.